The van der Waals surface area contributed by atoms with E-state index in [9.17, 15) is 9.90 Å². The molecule has 0 aromatic heterocycles. The Kier molecular flexibility index (Phi) is 4.40. The molecule has 1 aliphatic rings. The number of hydrogen-bond donors (Lipinski definition) is 1. The normalized spacial score (nSPS) is 21.7. The maximum Gasteiger partial charge on any atom is 0.255 e. The number of aliphatic hydroxyl groups is 1. The van der Waals surface area contributed by atoms with Crippen molar-refractivity contribution in [3.63, 3.8) is 0 Å². The number of piperidine rings is 1. The molecule has 0 spiro atoms. The molecule has 0 radical (unpaired) electrons. The summed E-state index contributed by atoms with van der Waals surface area (Å²) in [7, 11) is 0. The largest absolute Gasteiger partial charge is 0.391 e. The van der Waals surface area contributed by atoms with Crippen LogP contribution in [0.15, 0.2) is 28.7 Å². The van der Waals surface area contributed by atoms with Gasteiger partial charge in [0.1, 0.15) is 0 Å². The molecular formula is C14H18BrNO2. The lowest BCUT2D eigenvalue weighted by Gasteiger charge is -2.37. The lowest BCUT2D eigenvalue weighted by atomic mass is 9.97. The van der Waals surface area contributed by atoms with Crippen LogP contribution in [0.1, 0.15) is 36.5 Å². The number of benzene rings is 1. The van der Waals surface area contributed by atoms with Crippen LogP contribution in [0.5, 0.6) is 0 Å². The van der Waals surface area contributed by atoms with Gasteiger partial charge in [0.05, 0.1) is 17.7 Å². The van der Waals surface area contributed by atoms with Gasteiger partial charge in [-0.3, -0.25) is 4.79 Å². The highest BCUT2D eigenvalue weighted by molar-refractivity contribution is 9.10. The van der Waals surface area contributed by atoms with Crippen LogP contribution in [0.25, 0.3) is 0 Å². The van der Waals surface area contributed by atoms with Gasteiger partial charge in [-0.2, -0.15) is 0 Å². The van der Waals surface area contributed by atoms with Gasteiger partial charge in [-0.25, -0.2) is 0 Å². The summed E-state index contributed by atoms with van der Waals surface area (Å²) in [6.07, 6.45) is 2.50. The van der Waals surface area contributed by atoms with E-state index in [0.29, 0.717) is 5.56 Å². The van der Waals surface area contributed by atoms with E-state index in [1.165, 1.54) is 0 Å². The van der Waals surface area contributed by atoms with Gasteiger partial charge in [0.2, 0.25) is 0 Å². The van der Waals surface area contributed by atoms with Crippen molar-refractivity contribution in [1.29, 1.82) is 0 Å². The third kappa shape index (κ3) is 2.75. The Hall–Kier alpha value is -0.870. The number of likely N-dealkylation sites (tertiary alicyclic amines) is 1. The minimum absolute atomic E-state index is 0.00748. The number of halogens is 1. The van der Waals surface area contributed by atoms with Crippen molar-refractivity contribution in [2.24, 2.45) is 0 Å². The summed E-state index contributed by atoms with van der Waals surface area (Å²) >= 11 is 3.41. The lowest BCUT2D eigenvalue weighted by molar-refractivity contribution is 0.0280. The summed E-state index contributed by atoms with van der Waals surface area (Å²) in [5, 5.41) is 9.81. The molecule has 1 aliphatic heterocycles. The molecule has 1 aromatic rings. The molecule has 1 N–H and O–H groups in total. The number of carbonyl (C=O) groups is 1. The summed E-state index contributed by atoms with van der Waals surface area (Å²) < 4.78 is 0.810. The summed E-state index contributed by atoms with van der Waals surface area (Å²) in [4.78, 5) is 14.3. The number of carbonyl (C=O) groups excluding carboxylic acids is 1. The first kappa shape index (κ1) is 13.6. The second-order valence-corrected chi connectivity index (χ2v) is 5.64. The molecule has 1 aromatic carbocycles. The van der Waals surface area contributed by atoms with E-state index in [0.717, 1.165) is 30.3 Å². The van der Waals surface area contributed by atoms with Crippen molar-refractivity contribution >= 4 is 21.8 Å². The van der Waals surface area contributed by atoms with Gasteiger partial charge in [-0.15, -0.1) is 0 Å². The summed E-state index contributed by atoms with van der Waals surface area (Å²) in [5.41, 5.74) is 0.671. The van der Waals surface area contributed by atoms with Crippen LogP contribution >= 0.6 is 15.9 Å². The van der Waals surface area contributed by atoms with Crippen LogP contribution in [0.2, 0.25) is 0 Å². The van der Waals surface area contributed by atoms with Gasteiger partial charge < -0.3 is 10.0 Å². The van der Waals surface area contributed by atoms with Crippen LogP contribution in [0, 0.1) is 0 Å². The molecule has 0 aliphatic carbocycles. The third-order valence-corrected chi connectivity index (χ3v) is 4.16. The van der Waals surface area contributed by atoms with E-state index in [-0.39, 0.29) is 11.9 Å². The lowest BCUT2D eigenvalue weighted by Crippen LogP contribution is -2.49. The first-order valence-corrected chi connectivity index (χ1v) is 7.14. The van der Waals surface area contributed by atoms with Crippen molar-refractivity contribution in [1.82, 2.24) is 4.90 Å². The number of amides is 1. The topological polar surface area (TPSA) is 40.5 Å². The highest BCUT2D eigenvalue weighted by atomic mass is 79.9. The Morgan fingerprint density at radius 1 is 1.44 bits per heavy atom. The molecule has 0 unspecified atom stereocenters. The van der Waals surface area contributed by atoms with Crippen LogP contribution in [0.4, 0.5) is 0 Å². The van der Waals surface area contributed by atoms with Crippen LogP contribution in [-0.4, -0.2) is 34.6 Å². The number of nitrogens with zero attached hydrogens (tertiary/aromatic N) is 1. The molecule has 18 heavy (non-hydrogen) atoms. The molecule has 4 heteroatoms. The number of hydrogen-bond acceptors (Lipinski definition) is 2. The van der Waals surface area contributed by atoms with Crippen molar-refractivity contribution in [3.05, 3.63) is 34.3 Å². The summed E-state index contributed by atoms with van der Waals surface area (Å²) in [5.74, 6) is 0.00748. The second-order valence-electron chi connectivity index (χ2n) is 4.78. The zero-order chi connectivity index (χ0) is 13.1. The molecule has 3 nitrogen and oxygen atoms in total. The summed E-state index contributed by atoms with van der Waals surface area (Å²) in [6, 6.07) is 7.38. The van der Waals surface area contributed by atoms with Crippen molar-refractivity contribution in [3.8, 4) is 0 Å². The first-order chi connectivity index (χ1) is 8.61. The zero-order valence-electron chi connectivity index (χ0n) is 10.5. The predicted molar refractivity (Wildman–Crippen MR) is 74.5 cm³/mol. The van der Waals surface area contributed by atoms with E-state index in [1.54, 1.807) is 6.92 Å². The van der Waals surface area contributed by atoms with E-state index in [4.69, 9.17) is 0 Å². The van der Waals surface area contributed by atoms with Crippen molar-refractivity contribution in [2.45, 2.75) is 38.3 Å². The Balaban J connectivity index is 2.24. The molecule has 98 valence electrons. The van der Waals surface area contributed by atoms with Gasteiger partial charge >= 0.3 is 0 Å². The van der Waals surface area contributed by atoms with Gasteiger partial charge in [0.25, 0.3) is 5.91 Å². The molecule has 1 heterocycles. The average Bonchev–Trinajstić information content (AvgIpc) is 2.38. The Morgan fingerprint density at radius 3 is 2.83 bits per heavy atom. The quantitative estimate of drug-likeness (QED) is 0.912. The Bertz CT molecular complexity index is 434. The van der Waals surface area contributed by atoms with E-state index in [2.05, 4.69) is 15.9 Å². The van der Waals surface area contributed by atoms with Crippen LogP contribution in [-0.2, 0) is 0 Å². The van der Waals surface area contributed by atoms with Crippen LogP contribution < -0.4 is 0 Å². The minimum Gasteiger partial charge on any atom is -0.391 e. The fourth-order valence-electron chi connectivity index (χ4n) is 2.50. The van der Waals surface area contributed by atoms with E-state index >= 15 is 0 Å². The maximum absolute atomic E-state index is 12.5. The molecule has 1 amide bonds. The van der Waals surface area contributed by atoms with Gasteiger partial charge in [0.15, 0.2) is 0 Å². The fraction of sp³-hybridized carbons (Fsp3) is 0.500. The second kappa shape index (κ2) is 5.85. The SMILES string of the molecule is C[C@@H](O)[C@H]1CCCCN1C(=O)c1ccccc1Br. The molecule has 2 rings (SSSR count). The fourth-order valence-corrected chi connectivity index (χ4v) is 2.95. The monoisotopic (exact) mass is 311 g/mol. The van der Waals surface area contributed by atoms with Crippen molar-refractivity contribution in [2.75, 3.05) is 6.54 Å². The third-order valence-electron chi connectivity index (χ3n) is 3.47. The average molecular weight is 312 g/mol. The van der Waals surface area contributed by atoms with Gasteiger partial charge in [0, 0.05) is 11.0 Å². The van der Waals surface area contributed by atoms with Crippen LogP contribution in [0.3, 0.4) is 0 Å². The molecule has 0 bridgehead atoms. The molecule has 1 fully saturated rings. The predicted octanol–water partition coefficient (Wildman–Crippen LogP) is 2.82. The Labute approximate surface area is 116 Å². The standard InChI is InChI=1S/C14H18BrNO2/c1-10(17)13-8-4-5-9-16(13)14(18)11-6-2-3-7-12(11)15/h2-3,6-7,10,13,17H,4-5,8-9H2,1H3/t10-,13-/m1/s1. The number of aliphatic hydroxyl groups excluding tert-OH is 1. The number of rotatable bonds is 2. The van der Waals surface area contributed by atoms with E-state index < -0.39 is 6.10 Å². The smallest absolute Gasteiger partial charge is 0.255 e. The van der Waals surface area contributed by atoms with Crippen molar-refractivity contribution < 1.29 is 9.90 Å². The maximum atomic E-state index is 12.5. The van der Waals surface area contributed by atoms with Gasteiger partial charge in [-0.05, 0) is 54.2 Å². The minimum atomic E-state index is -0.475. The van der Waals surface area contributed by atoms with E-state index in [1.807, 2.05) is 29.2 Å². The molecule has 1 saturated heterocycles. The Morgan fingerprint density at radius 2 is 2.17 bits per heavy atom. The van der Waals surface area contributed by atoms with Gasteiger partial charge in [-0.1, -0.05) is 12.1 Å². The molecule has 0 saturated carbocycles. The molecule has 2 atom stereocenters. The summed E-state index contributed by atoms with van der Waals surface area (Å²) in [6.45, 7) is 2.49. The molecular weight excluding hydrogens is 294 g/mol. The first-order valence-electron chi connectivity index (χ1n) is 6.35. The highest BCUT2D eigenvalue weighted by Crippen LogP contribution is 2.25. The highest BCUT2D eigenvalue weighted by Gasteiger charge is 2.31. The zero-order valence-corrected chi connectivity index (χ0v) is 12.1.